The highest BCUT2D eigenvalue weighted by Crippen LogP contribution is 2.39. The molecule has 2 fully saturated rings. The van der Waals surface area contributed by atoms with Crippen LogP contribution in [0.15, 0.2) is 0 Å². The van der Waals surface area contributed by atoms with Gasteiger partial charge in [0.2, 0.25) is 0 Å². The molecule has 0 aromatic heterocycles. The average molecular weight is 225 g/mol. The second kappa shape index (κ2) is 5.17. The van der Waals surface area contributed by atoms with Crippen LogP contribution in [-0.4, -0.2) is 34.6 Å². The molecule has 16 heavy (non-hydrogen) atoms. The summed E-state index contributed by atoms with van der Waals surface area (Å²) in [5.74, 6) is -0.181. The van der Waals surface area contributed by atoms with Crippen molar-refractivity contribution in [3.8, 4) is 0 Å². The van der Waals surface area contributed by atoms with Crippen LogP contribution < -0.4 is 0 Å². The maximum atomic E-state index is 10.7. The molecule has 2 aliphatic heterocycles. The summed E-state index contributed by atoms with van der Waals surface area (Å²) in [7, 11) is 0. The monoisotopic (exact) mass is 225 g/mol. The molecule has 0 spiro atoms. The van der Waals surface area contributed by atoms with Gasteiger partial charge in [-0.25, -0.2) is 0 Å². The van der Waals surface area contributed by atoms with Gasteiger partial charge in [0.05, 0.1) is 0 Å². The van der Waals surface area contributed by atoms with Crippen molar-refractivity contribution in [2.75, 3.05) is 6.54 Å². The number of piperidine rings is 1. The molecule has 1 N–H and O–H groups in total. The number of aliphatic carboxylic acids is 1. The van der Waals surface area contributed by atoms with Gasteiger partial charge in [-0.2, -0.15) is 0 Å². The van der Waals surface area contributed by atoms with E-state index in [1.54, 1.807) is 0 Å². The molecule has 2 rings (SSSR count). The summed E-state index contributed by atoms with van der Waals surface area (Å²) < 4.78 is 0. The number of nitrogens with zero attached hydrogens (tertiary/aromatic N) is 1. The fraction of sp³-hybridized carbons (Fsp3) is 0.923. The molecule has 2 heterocycles. The zero-order valence-corrected chi connectivity index (χ0v) is 10.2. The van der Waals surface area contributed by atoms with Gasteiger partial charge in [-0.3, -0.25) is 9.69 Å². The first-order valence-electron chi connectivity index (χ1n) is 6.68. The zero-order chi connectivity index (χ0) is 11.5. The highest BCUT2D eigenvalue weighted by Gasteiger charge is 2.40. The van der Waals surface area contributed by atoms with E-state index in [1.165, 1.54) is 32.2 Å². The molecule has 0 amide bonds. The first-order chi connectivity index (χ1) is 7.70. The van der Waals surface area contributed by atoms with E-state index >= 15 is 0 Å². The van der Waals surface area contributed by atoms with Gasteiger partial charge < -0.3 is 5.11 Å². The maximum absolute atomic E-state index is 10.7. The summed E-state index contributed by atoms with van der Waals surface area (Å²) in [6.07, 6.45) is 7.76. The Morgan fingerprint density at radius 1 is 1.31 bits per heavy atom. The third kappa shape index (κ3) is 2.57. The number of carboxylic acids is 1. The van der Waals surface area contributed by atoms with Gasteiger partial charge >= 0.3 is 5.97 Å². The lowest BCUT2D eigenvalue weighted by molar-refractivity contribution is -0.138. The van der Waals surface area contributed by atoms with Crippen LogP contribution in [0, 0.1) is 5.92 Å². The van der Waals surface area contributed by atoms with Crippen LogP contribution in [0.25, 0.3) is 0 Å². The van der Waals surface area contributed by atoms with Gasteiger partial charge in [0.1, 0.15) is 0 Å². The van der Waals surface area contributed by atoms with Crippen molar-refractivity contribution in [1.82, 2.24) is 4.90 Å². The van der Waals surface area contributed by atoms with E-state index < -0.39 is 5.97 Å². The van der Waals surface area contributed by atoms with Crippen molar-refractivity contribution in [2.24, 2.45) is 5.92 Å². The van der Waals surface area contributed by atoms with Crippen LogP contribution in [0.5, 0.6) is 0 Å². The lowest BCUT2D eigenvalue weighted by Crippen LogP contribution is -2.43. The summed E-state index contributed by atoms with van der Waals surface area (Å²) in [6.45, 7) is 3.46. The molecule has 2 unspecified atom stereocenters. The van der Waals surface area contributed by atoms with Gasteiger partial charge in [0.25, 0.3) is 0 Å². The second-order valence-corrected chi connectivity index (χ2v) is 5.41. The summed E-state index contributed by atoms with van der Waals surface area (Å²) in [6, 6.07) is 1.38. The van der Waals surface area contributed by atoms with Crippen LogP contribution in [-0.2, 0) is 4.79 Å². The second-order valence-electron chi connectivity index (χ2n) is 5.41. The van der Waals surface area contributed by atoms with Crippen LogP contribution >= 0.6 is 0 Å². The highest BCUT2D eigenvalue weighted by molar-refractivity contribution is 5.67. The number of hydrogen-bond donors (Lipinski definition) is 1. The zero-order valence-electron chi connectivity index (χ0n) is 10.2. The molecule has 0 aliphatic carbocycles. The molecule has 0 aromatic rings. The topological polar surface area (TPSA) is 40.5 Å². The molecule has 2 aliphatic rings. The van der Waals surface area contributed by atoms with Crippen LogP contribution in [0.1, 0.15) is 51.9 Å². The Balaban J connectivity index is 1.88. The normalized spacial score (nSPS) is 34.2. The number of carbonyl (C=O) groups is 1. The molecule has 0 aromatic carbocycles. The van der Waals surface area contributed by atoms with E-state index in [4.69, 9.17) is 5.11 Å². The SMILES string of the molecule is CCCCN1C2CCC1CC(CC(=O)O)C2. The van der Waals surface area contributed by atoms with Gasteiger partial charge in [-0.1, -0.05) is 13.3 Å². The average Bonchev–Trinajstić information content (AvgIpc) is 2.46. The predicted molar refractivity (Wildman–Crippen MR) is 63.4 cm³/mol. The summed E-state index contributed by atoms with van der Waals surface area (Å²) in [5.41, 5.74) is 0. The van der Waals surface area contributed by atoms with E-state index in [2.05, 4.69) is 11.8 Å². The molecule has 2 atom stereocenters. The van der Waals surface area contributed by atoms with Crippen molar-refractivity contribution in [1.29, 1.82) is 0 Å². The molecule has 3 nitrogen and oxygen atoms in total. The van der Waals surface area contributed by atoms with Crippen molar-refractivity contribution >= 4 is 5.97 Å². The lowest BCUT2D eigenvalue weighted by atomic mass is 9.88. The Labute approximate surface area is 97.8 Å². The summed E-state index contributed by atoms with van der Waals surface area (Å²) in [4.78, 5) is 13.4. The number of carboxylic acid groups (broad SMARTS) is 1. The minimum atomic E-state index is -0.619. The predicted octanol–water partition coefficient (Wildman–Crippen LogP) is 2.50. The Kier molecular flexibility index (Phi) is 3.85. The molecule has 92 valence electrons. The quantitative estimate of drug-likeness (QED) is 0.781. The molecule has 2 bridgehead atoms. The summed E-state index contributed by atoms with van der Waals surface area (Å²) in [5, 5.41) is 8.85. The van der Waals surface area contributed by atoms with Crippen molar-refractivity contribution < 1.29 is 9.90 Å². The minimum absolute atomic E-state index is 0.384. The van der Waals surface area contributed by atoms with Gasteiger partial charge in [0.15, 0.2) is 0 Å². The largest absolute Gasteiger partial charge is 0.481 e. The maximum Gasteiger partial charge on any atom is 0.303 e. The standard InChI is InChI=1S/C13H23NO2/c1-2-3-6-14-11-4-5-12(14)8-10(7-11)9-13(15)16/h10-12H,2-9H2,1H3,(H,15,16). The Morgan fingerprint density at radius 2 is 1.94 bits per heavy atom. The number of rotatable bonds is 5. The molecular weight excluding hydrogens is 202 g/mol. The molecular formula is C13H23NO2. The van der Waals surface area contributed by atoms with Gasteiger partial charge in [0, 0.05) is 18.5 Å². The van der Waals surface area contributed by atoms with E-state index in [9.17, 15) is 4.79 Å². The molecule has 3 heteroatoms. The highest BCUT2D eigenvalue weighted by atomic mass is 16.4. The fourth-order valence-electron chi connectivity index (χ4n) is 3.51. The lowest BCUT2D eigenvalue weighted by Gasteiger charge is -2.38. The van der Waals surface area contributed by atoms with E-state index in [1.807, 2.05) is 0 Å². The molecule has 2 saturated heterocycles. The van der Waals surface area contributed by atoms with Gasteiger partial charge in [-0.05, 0) is 44.6 Å². The Hall–Kier alpha value is -0.570. The van der Waals surface area contributed by atoms with Crippen molar-refractivity contribution in [3.05, 3.63) is 0 Å². The van der Waals surface area contributed by atoms with Crippen molar-refractivity contribution in [3.63, 3.8) is 0 Å². The first kappa shape index (κ1) is 11.9. The smallest absolute Gasteiger partial charge is 0.303 e. The molecule has 0 saturated carbocycles. The summed E-state index contributed by atoms with van der Waals surface area (Å²) >= 11 is 0. The van der Waals surface area contributed by atoms with Crippen molar-refractivity contribution in [2.45, 2.75) is 64.0 Å². The number of fused-ring (bicyclic) bond motifs is 2. The number of hydrogen-bond acceptors (Lipinski definition) is 2. The van der Waals surface area contributed by atoms with Crippen LogP contribution in [0.3, 0.4) is 0 Å². The first-order valence-corrected chi connectivity index (χ1v) is 6.68. The minimum Gasteiger partial charge on any atom is -0.481 e. The van der Waals surface area contributed by atoms with E-state index in [-0.39, 0.29) is 0 Å². The Morgan fingerprint density at radius 3 is 2.44 bits per heavy atom. The third-order valence-corrected chi connectivity index (χ3v) is 4.22. The van der Waals surface area contributed by atoms with E-state index in [0.717, 1.165) is 12.8 Å². The van der Waals surface area contributed by atoms with E-state index in [0.29, 0.717) is 24.4 Å². The fourth-order valence-corrected chi connectivity index (χ4v) is 3.51. The molecule has 0 radical (unpaired) electrons. The van der Waals surface area contributed by atoms with Crippen LogP contribution in [0.4, 0.5) is 0 Å². The third-order valence-electron chi connectivity index (χ3n) is 4.22. The number of unbranched alkanes of at least 4 members (excludes halogenated alkanes) is 1. The van der Waals surface area contributed by atoms with Crippen LogP contribution in [0.2, 0.25) is 0 Å². The van der Waals surface area contributed by atoms with Gasteiger partial charge in [-0.15, -0.1) is 0 Å². The Bertz CT molecular complexity index is 240.